The number of aliphatic hydroxyl groups is 1. The Kier molecular flexibility index (Phi) is 4.32. The van der Waals surface area contributed by atoms with Crippen LogP contribution in [0.3, 0.4) is 0 Å². The van der Waals surface area contributed by atoms with Crippen LogP contribution in [-0.2, 0) is 19.4 Å². The third-order valence-corrected chi connectivity index (χ3v) is 3.34. The minimum Gasteiger partial charge on any atom is -0.393 e. The van der Waals surface area contributed by atoms with E-state index in [1.807, 2.05) is 4.68 Å². The molecular formula is C13H20N4O. The second kappa shape index (κ2) is 5.96. The van der Waals surface area contributed by atoms with Crippen molar-refractivity contribution in [2.24, 2.45) is 5.92 Å². The standard InChI is InChI=1S/C13H20N4O/c1-10(18)3-2-8-17-13(9-11-4-5-11)12(6-7-14)15-16-17/h10-11,18H,2-6,8-9H2,1H3. The van der Waals surface area contributed by atoms with Gasteiger partial charge in [0.1, 0.15) is 0 Å². The molecule has 5 nitrogen and oxygen atoms in total. The van der Waals surface area contributed by atoms with Crippen molar-refractivity contribution in [2.75, 3.05) is 0 Å². The Bertz CT molecular complexity index is 429. The molecule has 1 aromatic heterocycles. The van der Waals surface area contributed by atoms with Gasteiger partial charge >= 0.3 is 0 Å². The molecular weight excluding hydrogens is 228 g/mol. The van der Waals surface area contributed by atoms with E-state index < -0.39 is 0 Å². The van der Waals surface area contributed by atoms with Crippen LogP contribution >= 0.6 is 0 Å². The number of aromatic nitrogens is 3. The average Bonchev–Trinajstić information content (AvgIpc) is 3.06. The molecule has 0 aliphatic heterocycles. The van der Waals surface area contributed by atoms with Crippen molar-refractivity contribution >= 4 is 0 Å². The number of rotatable bonds is 7. The topological polar surface area (TPSA) is 74.7 Å². The molecule has 0 amide bonds. The molecule has 1 unspecified atom stereocenters. The highest BCUT2D eigenvalue weighted by Gasteiger charge is 2.25. The van der Waals surface area contributed by atoms with Gasteiger partial charge in [0, 0.05) is 6.54 Å². The summed E-state index contributed by atoms with van der Waals surface area (Å²) in [6.07, 6.45) is 5.31. The molecule has 5 heteroatoms. The van der Waals surface area contributed by atoms with Gasteiger partial charge in [0.2, 0.25) is 0 Å². The first kappa shape index (κ1) is 13.0. The molecule has 98 valence electrons. The predicted molar refractivity (Wildman–Crippen MR) is 66.7 cm³/mol. The van der Waals surface area contributed by atoms with Crippen molar-refractivity contribution < 1.29 is 5.11 Å². The minimum atomic E-state index is -0.265. The number of nitriles is 1. The summed E-state index contributed by atoms with van der Waals surface area (Å²) in [5, 5.41) is 26.3. The molecule has 1 aromatic rings. The van der Waals surface area contributed by atoms with Crippen molar-refractivity contribution in [3.8, 4) is 6.07 Å². The van der Waals surface area contributed by atoms with E-state index in [1.165, 1.54) is 12.8 Å². The highest BCUT2D eigenvalue weighted by molar-refractivity contribution is 5.16. The van der Waals surface area contributed by atoms with Gasteiger partial charge in [-0.15, -0.1) is 5.10 Å². The van der Waals surface area contributed by atoms with Crippen LogP contribution in [0.25, 0.3) is 0 Å². The molecule has 2 rings (SSSR count). The van der Waals surface area contributed by atoms with Gasteiger partial charge in [0.15, 0.2) is 0 Å². The van der Waals surface area contributed by atoms with Crippen LogP contribution in [0.15, 0.2) is 0 Å². The van der Waals surface area contributed by atoms with E-state index >= 15 is 0 Å². The predicted octanol–water partition coefficient (Wildman–Crippen LogP) is 1.46. The first-order valence-electron chi connectivity index (χ1n) is 6.67. The van der Waals surface area contributed by atoms with Gasteiger partial charge in [-0.1, -0.05) is 5.21 Å². The lowest BCUT2D eigenvalue weighted by molar-refractivity contribution is 0.178. The molecule has 1 fully saturated rings. The molecule has 1 heterocycles. The van der Waals surface area contributed by atoms with Crippen molar-refractivity contribution in [1.82, 2.24) is 15.0 Å². The maximum atomic E-state index is 9.26. The number of aryl methyl sites for hydroxylation is 1. The largest absolute Gasteiger partial charge is 0.393 e. The van der Waals surface area contributed by atoms with Crippen molar-refractivity contribution in [3.05, 3.63) is 11.4 Å². The zero-order chi connectivity index (χ0) is 13.0. The number of nitrogens with zero attached hydrogens (tertiary/aromatic N) is 4. The molecule has 1 aliphatic rings. The average molecular weight is 248 g/mol. The van der Waals surface area contributed by atoms with Gasteiger partial charge in [-0.3, -0.25) is 0 Å². The van der Waals surface area contributed by atoms with Gasteiger partial charge in [-0.05, 0) is 44.9 Å². The SMILES string of the molecule is CC(O)CCCn1nnc(CC#N)c1CC1CC1. The van der Waals surface area contributed by atoms with Crippen molar-refractivity contribution in [1.29, 1.82) is 5.26 Å². The summed E-state index contributed by atoms with van der Waals surface area (Å²) < 4.78 is 1.92. The summed E-state index contributed by atoms with van der Waals surface area (Å²) in [6.45, 7) is 2.58. The Balaban J connectivity index is 2.00. The number of hydrogen-bond acceptors (Lipinski definition) is 4. The highest BCUT2D eigenvalue weighted by atomic mass is 16.3. The second-order valence-corrected chi connectivity index (χ2v) is 5.18. The second-order valence-electron chi connectivity index (χ2n) is 5.18. The summed E-state index contributed by atoms with van der Waals surface area (Å²) >= 11 is 0. The van der Waals surface area contributed by atoms with Crippen LogP contribution in [0.4, 0.5) is 0 Å². The van der Waals surface area contributed by atoms with Crippen LogP contribution < -0.4 is 0 Å². The smallest absolute Gasteiger partial charge is 0.0999 e. The quantitative estimate of drug-likeness (QED) is 0.792. The highest BCUT2D eigenvalue weighted by Crippen LogP contribution is 2.33. The van der Waals surface area contributed by atoms with E-state index in [2.05, 4.69) is 16.4 Å². The Morgan fingerprint density at radius 1 is 1.56 bits per heavy atom. The van der Waals surface area contributed by atoms with E-state index in [-0.39, 0.29) is 6.10 Å². The molecule has 1 N–H and O–H groups in total. The lowest BCUT2D eigenvalue weighted by Gasteiger charge is -2.08. The molecule has 0 spiro atoms. The van der Waals surface area contributed by atoms with E-state index in [4.69, 9.17) is 5.26 Å². The lowest BCUT2D eigenvalue weighted by atomic mass is 10.1. The zero-order valence-electron chi connectivity index (χ0n) is 10.8. The molecule has 0 radical (unpaired) electrons. The summed E-state index contributed by atoms with van der Waals surface area (Å²) in [4.78, 5) is 0. The van der Waals surface area contributed by atoms with Gasteiger partial charge in [0.25, 0.3) is 0 Å². The van der Waals surface area contributed by atoms with Crippen molar-refractivity contribution in [3.63, 3.8) is 0 Å². The zero-order valence-corrected chi connectivity index (χ0v) is 10.8. The third-order valence-electron chi connectivity index (χ3n) is 3.34. The van der Waals surface area contributed by atoms with Crippen LogP contribution in [0.2, 0.25) is 0 Å². The fourth-order valence-electron chi connectivity index (χ4n) is 2.12. The van der Waals surface area contributed by atoms with E-state index in [0.717, 1.165) is 43.1 Å². The number of aliphatic hydroxyl groups excluding tert-OH is 1. The Labute approximate surface area is 107 Å². The van der Waals surface area contributed by atoms with Gasteiger partial charge in [0.05, 0.1) is 30.0 Å². The van der Waals surface area contributed by atoms with Gasteiger partial charge in [-0.2, -0.15) is 5.26 Å². The summed E-state index contributed by atoms with van der Waals surface area (Å²) in [5.74, 6) is 0.761. The fourth-order valence-corrected chi connectivity index (χ4v) is 2.12. The Hall–Kier alpha value is -1.41. The lowest BCUT2D eigenvalue weighted by Crippen LogP contribution is -2.09. The molecule has 1 atom stereocenters. The maximum Gasteiger partial charge on any atom is 0.0999 e. The maximum absolute atomic E-state index is 9.26. The van der Waals surface area contributed by atoms with Crippen molar-refractivity contribution in [2.45, 2.75) is 58.1 Å². The third kappa shape index (κ3) is 3.54. The molecule has 0 aromatic carbocycles. The summed E-state index contributed by atoms with van der Waals surface area (Å²) in [7, 11) is 0. The first-order valence-corrected chi connectivity index (χ1v) is 6.67. The van der Waals surface area contributed by atoms with Crippen LogP contribution in [0.5, 0.6) is 0 Å². The molecule has 1 saturated carbocycles. The van der Waals surface area contributed by atoms with Crippen LogP contribution in [0.1, 0.15) is 44.0 Å². The summed E-state index contributed by atoms with van der Waals surface area (Å²) in [5.41, 5.74) is 1.96. The van der Waals surface area contributed by atoms with Crippen LogP contribution in [0, 0.1) is 17.2 Å². The fraction of sp³-hybridized carbons (Fsp3) is 0.769. The summed E-state index contributed by atoms with van der Waals surface area (Å²) in [6, 6.07) is 2.15. The first-order chi connectivity index (χ1) is 8.70. The Morgan fingerprint density at radius 3 is 2.94 bits per heavy atom. The minimum absolute atomic E-state index is 0.265. The van der Waals surface area contributed by atoms with E-state index in [9.17, 15) is 5.11 Å². The van der Waals surface area contributed by atoms with Gasteiger partial charge in [-0.25, -0.2) is 4.68 Å². The monoisotopic (exact) mass is 248 g/mol. The normalized spacial score (nSPS) is 16.5. The van der Waals surface area contributed by atoms with E-state index in [0.29, 0.717) is 6.42 Å². The number of hydrogen-bond donors (Lipinski definition) is 1. The molecule has 18 heavy (non-hydrogen) atoms. The Morgan fingerprint density at radius 2 is 2.33 bits per heavy atom. The van der Waals surface area contributed by atoms with E-state index in [1.54, 1.807) is 6.92 Å². The van der Waals surface area contributed by atoms with Gasteiger partial charge < -0.3 is 5.11 Å². The molecule has 0 bridgehead atoms. The molecule has 0 saturated heterocycles. The van der Waals surface area contributed by atoms with Crippen LogP contribution in [-0.4, -0.2) is 26.2 Å². The molecule has 1 aliphatic carbocycles.